The Hall–Kier alpha value is -2.63. The predicted molar refractivity (Wildman–Crippen MR) is 120 cm³/mol. The molecule has 0 radical (unpaired) electrons. The summed E-state index contributed by atoms with van der Waals surface area (Å²) < 4.78 is 6.59. The third-order valence-electron chi connectivity index (χ3n) is 7.48. The van der Waals surface area contributed by atoms with Gasteiger partial charge in [-0.25, -0.2) is 14.8 Å². The van der Waals surface area contributed by atoms with Crippen LogP contribution in [0.25, 0.3) is 0 Å². The van der Waals surface area contributed by atoms with Crippen LogP contribution in [0.1, 0.15) is 57.8 Å². The number of urea groups is 1. The van der Waals surface area contributed by atoms with Crippen LogP contribution in [0.3, 0.4) is 0 Å². The molecule has 2 saturated carbocycles. The van der Waals surface area contributed by atoms with Crippen LogP contribution in [0.5, 0.6) is 0 Å². The molecule has 0 spiro atoms. The van der Waals surface area contributed by atoms with Gasteiger partial charge >= 0.3 is 6.03 Å². The topological polar surface area (TPSA) is 67.3 Å². The lowest BCUT2D eigenvalue weighted by atomic mass is 9.71. The van der Waals surface area contributed by atoms with E-state index < -0.39 is 0 Å². The summed E-state index contributed by atoms with van der Waals surface area (Å²) in [7, 11) is 0. The number of hydrogen-bond acceptors (Lipinski definition) is 4. The molecule has 2 heterocycles. The molecule has 3 atom stereocenters. The van der Waals surface area contributed by atoms with Gasteiger partial charge in [0.05, 0.1) is 17.2 Å². The van der Waals surface area contributed by atoms with Gasteiger partial charge in [-0.05, 0) is 43.7 Å². The Morgan fingerprint density at radius 1 is 1.16 bits per heavy atom. The number of amides is 2. The van der Waals surface area contributed by atoms with Crippen molar-refractivity contribution in [2.45, 2.75) is 69.9 Å². The zero-order chi connectivity index (χ0) is 21.3. The van der Waals surface area contributed by atoms with Gasteiger partial charge in [0.2, 0.25) is 5.95 Å². The minimum Gasteiger partial charge on any atom is -0.492 e. The fraction of sp³-hybridized carbons (Fsp3) is 0.560. The molecule has 5 rings (SSSR count). The van der Waals surface area contributed by atoms with Crippen molar-refractivity contribution in [3.8, 4) is 0 Å². The summed E-state index contributed by atoms with van der Waals surface area (Å²) in [5.74, 6) is 1.66. The van der Waals surface area contributed by atoms with E-state index >= 15 is 0 Å². The average molecular weight is 421 g/mol. The van der Waals surface area contributed by atoms with Gasteiger partial charge in [0, 0.05) is 24.9 Å². The first kappa shape index (κ1) is 20.3. The predicted octanol–water partition coefficient (Wildman–Crippen LogP) is 5.23. The van der Waals surface area contributed by atoms with Crippen LogP contribution < -0.4 is 5.32 Å². The van der Waals surface area contributed by atoms with Crippen LogP contribution in [0, 0.1) is 11.3 Å². The summed E-state index contributed by atoms with van der Waals surface area (Å²) >= 11 is 0. The molecular formula is C25H32N4O2. The highest BCUT2D eigenvalue weighted by Gasteiger charge is 2.62. The number of rotatable bonds is 5. The summed E-state index contributed by atoms with van der Waals surface area (Å²) in [6, 6.07) is 1.72. The number of piperidine rings is 1. The van der Waals surface area contributed by atoms with E-state index in [0.717, 1.165) is 44.4 Å². The lowest BCUT2D eigenvalue weighted by molar-refractivity contribution is 0.0940. The molecule has 1 aromatic heterocycles. The molecule has 1 aromatic rings. The Morgan fingerprint density at radius 3 is 2.65 bits per heavy atom. The first-order valence-corrected chi connectivity index (χ1v) is 11.8. The van der Waals surface area contributed by atoms with Gasteiger partial charge in [0.1, 0.15) is 6.10 Å². The molecule has 3 unspecified atom stereocenters. The van der Waals surface area contributed by atoms with Gasteiger partial charge < -0.3 is 9.64 Å². The van der Waals surface area contributed by atoms with Crippen molar-refractivity contribution in [1.82, 2.24) is 14.9 Å². The Kier molecular flexibility index (Phi) is 5.55. The monoisotopic (exact) mass is 420 g/mol. The molecule has 0 aromatic carbocycles. The summed E-state index contributed by atoms with van der Waals surface area (Å²) in [6.07, 6.45) is 20.7. The second kappa shape index (κ2) is 8.48. The van der Waals surface area contributed by atoms with Gasteiger partial charge in [-0.2, -0.15) is 0 Å². The first-order chi connectivity index (χ1) is 15.2. The fourth-order valence-corrected chi connectivity index (χ4v) is 5.74. The van der Waals surface area contributed by atoms with Crippen molar-refractivity contribution in [2.75, 3.05) is 11.9 Å². The lowest BCUT2D eigenvalue weighted by Gasteiger charge is -2.37. The standard InChI is InChI=1S/C25H32N4O2/c1-18(25(13-7-2-3-8-14-25)19-10-5-4-6-11-19)31-22-20-12-17-29(21(20)22)24(30)28-23-26-15-9-16-27-23/h5,9-11,15-16,20-22H,1-4,6-8,12-14,17H2,(H,26,27,28,30). The highest BCUT2D eigenvalue weighted by atomic mass is 16.5. The third-order valence-corrected chi connectivity index (χ3v) is 7.48. The number of nitrogens with zero attached hydrogens (tertiary/aromatic N) is 3. The SMILES string of the molecule is C=C(OC1C2CCN(C(=O)Nc3ncccn3)C21)C1(C2=CCCC=C2)CCCCCC1. The van der Waals surface area contributed by atoms with Crippen LogP contribution in [0.2, 0.25) is 0 Å². The fourth-order valence-electron chi connectivity index (χ4n) is 5.74. The molecule has 4 aliphatic rings. The van der Waals surface area contributed by atoms with Crippen LogP contribution >= 0.6 is 0 Å². The van der Waals surface area contributed by atoms with E-state index in [9.17, 15) is 4.79 Å². The van der Waals surface area contributed by atoms with Gasteiger partial charge in [-0.1, -0.05) is 50.5 Å². The molecule has 1 saturated heterocycles. The Labute approximate surface area is 184 Å². The Morgan fingerprint density at radius 2 is 1.94 bits per heavy atom. The van der Waals surface area contributed by atoms with Gasteiger partial charge in [0.25, 0.3) is 0 Å². The van der Waals surface area contributed by atoms with E-state index in [2.05, 4.69) is 40.1 Å². The van der Waals surface area contributed by atoms with Crippen molar-refractivity contribution >= 4 is 12.0 Å². The lowest BCUT2D eigenvalue weighted by Crippen LogP contribution is -2.38. The molecule has 0 bridgehead atoms. The maximum Gasteiger partial charge on any atom is 0.324 e. The molecule has 1 N–H and O–H groups in total. The van der Waals surface area contributed by atoms with Crippen molar-refractivity contribution in [3.05, 3.63) is 54.6 Å². The van der Waals surface area contributed by atoms with Crippen LogP contribution in [-0.4, -0.2) is 39.6 Å². The molecular weight excluding hydrogens is 388 g/mol. The van der Waals surface area contributed by atoms with Crippen molar-refractivity contribution in [2.24, 2.45) is 11.3 Å². The van der Waals surface area contributed by atoms with Crippen LogP contribution in [-0.2, 0) is 4.74 Å². The summed E-state index contributed by atoms with van der Waals surface area (Å²) in [5, 5.41) is 2.81. The number of fused-ring (bicyclic) bond motifs is 1. The summed E-state index contributed by atoms with van der Waals surface area (Å²) in [5.41, 5.74) is 1.32. The van der Waals surface area contributed by atoms with Crippen LogP contribution in [0.15, 0.2) is 54.6 Å². The highest BCUT2D eigenvalue weighted by molar-refractivity contribution is 5.88. The number of likely N-dealkylation sites (tertiary alicyclic amines) is 1. The Balaban J connectivity index is 1.27. The molecule has 1 aliphatic heterocycles. The average Bonchev–Trinajstić information content (AvgIpc) is 3.38. The smallest absolute Gasteiger partial charge is 0.324 e. The van der Waals surface area contributed by atoms with Gasteiger partial charge in [0.15, 0.2) is 0 Å². The number of nitrogens with one attached hydrogen (secondary N) is 1. The molecule has 6 nitrogen and oxygen atoms in total. The number of hydrogen-bond donors (Lipinski definition) is 1. The molecule has 6 heteroatoms. The number of allylic oxidation sites excluding steroid dienone is 4. The first-order valence-electron chi connectivity index (χ1n) is 11.8. The molecule has 2 amide bonds. The number of carbonyl (C=O) groups excluding carboxylic acids is 1. The number of aromatic nitrogens is 2. The zero-order valence-electron chi connectivity index (χ0n) is 18.1. The maximum atomic E-state index is 12.8. The van der Waals surface area contributed by atoms with E-state index in [0.29, 0.717) is 11.9 Å². The van der Waals surface area contributed by atoms with E-state index in [-0.39, 0.29) is 23.6 Å². The number of ether oxygens (including phenoxy) is 1. The molecule has 3 aliphatic carbocycles. The maximum absolute atomic E-state index is 12.8. The van der Waals surface area contributed by atoms with Crippen molar-refractivity contribution < 1.29 is 9.53 Å². The van der Waals surface area contributed by atoms with Crippen molar-refractivity contribution in [1.29, 1.82) is 0 Å². The minimum absolute atomic E-state index is 0.0528. The molecule has 164 valence electrons. The number of anilines is 1. The zero-order valence-corrected chi connectivity index (χ0v) is 18.1. The summed E-state index contributed by atoms with van der Waals surface area (Å²) in [4.78, 5) is 22.9. The van der Waals surface area contributed by atoms with E-state index in [4.69, 9.17) is 4.74 Å². The molecule has 3 fully saturated rings. The van der Waals surface area contributed by atoms with E-state index in [1.807, 2.05) is 4.90 Å². The second-order valence-electron chi connectivity index (χ2n) is 9.28. The van der Waals surface area contributed by atoms with E-state index in [1.165, 1.54) is 31.3 Å². The highest BCUT2D eigenvalue weighted by Crippen LogP contribution is 2.53. The van der Waals surface area contributed by atoms with E-state index in [1.54, 1.807) is 18.5 Å². The summed E-state index contributed by atoms with van der Waals surface area (Å²) in [6.45, 7) is 5.23. The van der Waals surface area contributed by atoms with Crippen LogP contribution in [0.4, 0.5) is 10.7 Å². The normalized spacial score (nSPS) is 28.8. The van der Waals surface area contributed by atoms with Gasteiger partial charge in [-0.3, -0.25) is 5.32 Å². The Bertz CT molecular complexity index is 886. The third kappa shape index (κ3) is 3.88. The molecule has 31 heavy (non-hydrogen) atoms. The second-order valence-corrected chi connectivity index (χ2v) is 9.28. The van der Waals surface area contributed by atoms with Crippen molar-refractivity contribution in [3.63, 3.8) is 0 Å². The largest absolute Gasteiger partial charge is 0.492 e. The minimum atomic E-state index is -0.141. The van der Waals surface area contributed by atoms with Gasteiger partial charge in [-0.15, -0.1) is 0 Å². The number of carbonyl (C=O) groups is 1. The quantitative estimate of drug-likeness (QED) is 0.523.